The Kier molecular flexibility index (Phi) is 34.4. The van der Waals surface area contributed by atoms with Crippen molar-refractivity contribution in [2.24, 2.45) is 0 Å². The second kappa shape index (κ2) is 35.4. The molecule has 0 aromatic rings. The number of amides is 1. The lowest BCUT2D eigenvalue weighted by molar-refractivity contribution is -0.123. The second-order valence-electron chi connectivity index (χ2n) is 13.0. The highest BCUT2D eigenvalue weighted by molar-refractivity contribution is 5.76. The Balaban J connectivity index is 3.62. The van der Waals surface area contributed by atoms with Crippen LogP contribution in [0.3, 0.4) is 0 Å². The van der Waals surface area contributed by atoms with Gasteiger partial charge in [-0.1, -0.05) is 186 Å². The number of aliphatic hydroxyl groups excluding tert-OH is 2. The Morgan fingerprint density at radius 1 is 0.535 bits per heavy atom. The summed E-state index contributed by atoms with van der Waals surface area (Å²) >= 11 is 0. The molecule has 0 unspecified atom stereocenters. The number of unbranched alkanes of at least 4 members (excludes halogenated alkanes) is 25. The summed E-state index contributed by atoms with van der Waals surface area (Å²) in [4.78, 5) is 12.3. The predicted octanol–water partition coefficient (Wildman–Crippen LogP) is 11.3. The largest absolute Gasteiger partial charge is 0.394 e. The normalized spacial score (nSPS) is 13.3. The van der Waals surface area contributed by atoms with E-state index in [0.717, 1.165) is 32.1 Å². The van der Waals surface area contributed by atoms with Crippen LogP contribution in [0.5, 0.6) is 0 Å². The van der Waals surface area contributed by atoms with Crippen molar-refractivity contribution in [1.29, 1.82) is 0 Å². The number of nitrogens with one attached hydrogen (secondary N) is 1. The van der Waals surface area contributed by atoms with Crippen LogP contribution in [-0.2, 0) is 4.79 Å². The molecule has 0 aromatic carbocycles. The first-order chi connectivity index (χ1) is 21.2. The highest BCUT2D eigenvalue weighted by Crippen LogP contribution is 2.15. The van der Waals surface area contributed by atoms with Gasteiger partial charge in [0.05, 0.1) is 18.8 Å². The van der Waals surface area contributed by atoms with Gasteiger partial charge in [0.25, 0.3) is 0 Å². The SMILES string of the molecule is CCCCCCCCCC/C=C/CC/C=C/[C@@H](O)[C@H](CO)NC(=O)CCCCCCCCCCCCCCCCCCC. The quantitative estimate of drug-likeness (QED) is 0.0505. The van der Waals surface area contributed by atoms with Crippen LogP contribution in [0.2, 0.25) is 0 Å². The maximum Gasteiger partial charge on any atom is 0.220 e. The van der Waals surface area contributed by atoms with Crippen molar-refractivity contribution in [3.8, 4) is 0 Å². The minimum absolute atomic E-state index is 0.0728. The summed E-state index contributed by atoms with van der Waals surface area (Å²) in [6.07, 6.45) is 44.1. The van der Waals surface area contributed by atoms with Crippen LogP contribution < -0.4 is 5.32 Å². The fourth-order valence-electron chi connectivity index (χ4n) is 5.72. The van der Waals surface area contributed by atoms with Gasteiger partial charge in [-0.2, -0.15) is 0 Å². The van der Waals surface area contributed by atoms with Crippen LogP contribution >= 0.6 is 0 Å². The van der Waals surface area contributed by atoms with Gasteiger partial charge in [0.1, 0.15) is 0 Å². The average Bonchev–Trinajstić information content (AvgIpc) is 3.01. The molecule has 0 bridgehead atoms. The summed E-state index contributed by atoms with van der Waals surface area (Å²) in [5.41, 5.74) is 0. The molecule has 4 heteroatoms. The van der Waals surface area contributed by atoms with Gasteiger partial charge >= 0.3 is 0 Å². The first-order valence-electron chi connectivity index (χ1n) is 19.1. The number of aliphatic hydroxyl groups is 2. The van der Waals surface area contributed by atoms with Crippen LogP contribution in [0, 0.1) is 0 Å². The Labute approximate surface area is 269 Å². The average molecular weight is 606 g/mol. The monoisotopic (exact) mass is 606 g/mol. The van der Waals surface area contributed by atoms with Crippen molar-refractivity contribution in [3.05, 3.63) is 24.3 Å². The molecule has 0 spiro atoms. The van der Waals surface area contributed by atoms with Gasteiger partial charge < -0.3 is 15.5 Å². The molecule has 0 saturated heterocycles. The van der Waals surface area contributed by atoms with E-state index in [4.69, 9.17) is 0 Å². The molecule has 2 atom stereocenters. The molecule has 43 heavy (non-hydrogen) atoms. The first-order valence-corrected chi connectivity index (χ1v) is 19.1. The molecular weight excluding hydrogens is 530 g/mol. The minimum atomic E-state index is -0.856. The molecule has 1 amide bonds. The smallest absolute Gasteiger partial charge is 0.220 e. The molecule has 4 nitrogen and oxygen atoms in total. The van der Waals surface area contributed by atoms with Crippen molar-refractivity contribution in [2.45, 2.75) is 212 Å². The molecule has 254 valence electrons. The van der Waals surface area contributed by atoms with E-state index in [2.05, 4.69) is 31.3 Å². The van der Waals surface area contributed by atoms with Crippen molar-refractivity contribution in [2.75, 3.05) is 6.61 Å². The van der Waals surface area contributed by atoms with E-state index in [1.54, 1.807) is 6.08 Å². The number of allylic oxidation sites excluding steroid dienone is 3. The summed E-state index contributed by atoms with van der Waals surface area (Å²) in [7, 11) is 0. The summed E-state index contributed by atoms with van der Waals surface area (Å²) in [5.74, 6) is -0.0728. The van der Waals surface area contributed by atoms with Gasteiger partial charge in [-0.05, 0) is 32.1 Å². The first kappa shape index (κ1) is 41.9. The topological polar surface area (TPSA) is 69.6 Å². The fourth-order valence-corrected chi connectivity index (χ4v) is 5.72. The molecule has 0 aromatic heterocycles. The molecule has 0 aliphatic carbocycles. The lowest BCUT2D eigenvalue weighted by Gasteiger charge is -2.19. The summed E-state index contributed by atoms with van der Waals surface area (Å²) in [5, 5.41) is 22.9. The van der Waals surface area contributed by atoms with Gasteiger partial charge in [-0.25, -0.2) is 0 Å². The molecule has 0 aliphatic rings. The van der Waals surface area contributed by atoms with Gasteiger partial charge in [0.2, 0.25) is 5.91 Å². The molecule has 0 heterocycles. The van der Waals surface area contributed by atoms with Gasteiger partial charge in [0.15, 0.2) is 0 Å². The number of carbonyl (C=O) groups excluding carboxylic acids is 1. The van der Waals surface area contributed by atoms with E-state index in [0.29, 0.717) is 6.42 Å². The lowest BCUT2D eigenvalue weighted by atomic mass is 10.0. The third kappa shape index (κ3) is 32.1. The number of carbonyl (C=O) groups is 1. The predicted molar refractivity (Wildman–Crippen MR) is 189 cm³/mol. The highest BCUT2D eigenvalue weighted by atomic mass is 16.3. The summed E-state index contributed by atoms with van der Waals surface area (Å²) < 4.78 is 0. The second-order valence-corrected chi connectivity index (χ2v) is 13.0. The Bertz CT molecular complexity index is 618. The maximum absolute atomic E-state index is 12.3. The molecule has 0 saturated carbocycles. The van der Waals surface area contributed by atoms with Gasteiger partial charge in [-0.3, -0.25) is 4.79 Å². The Morgan fingerprint density at radius 3 is 1.35 bits per heavy atom. The van der Waals surface area contributed by atoms with Crippen molar-refractivity contribution in [3.63, 3.8) is 0 Å². The van der Waals surface area contributed by atoms with E-state index >= 15 is 0 Å². The van der Waals surface area contributed by atoms with E-state index < -0.39 is 12.1 Å². The number of rotatable bonds is 34. The van der Waals surface area contributed by atoms with E-state index in [-0.39, 0.29) is 12.5 Å². The number of hydrogen-bond acceptors (Lipinski definition) is 3. The molecule has 3 N–H and O–H groups in total. The van der Waals surface area contributed by atoms with Crippen molar-refractivity contribution in [1.82, 2.24) is 5.32 Å². The third-order valence-corrected chi connectivity index (χ3v) is 8.69. The zero-order valence-electron chi connectivity index (χ0n) is 29.0. The Morgan fingerprint density at radius 2 is 0.907 bits per heavy atom. The lowest BCUT2D eigenvalue weighted by Crippen LogP contribution is -2.45. The molecule has 0 aliphatic heterocycles. The zero-order valence-corrected chi connectivity index (χ0v) is 29.0. The summed E-state index contributed by atoms with van der Waals surface area (Å²) in [6.45, 7) is 4.29. The van der Waals surface area contributed by atoms with Crippen molar-refractivity contribution < 1.29 is 15.0 Å². The third-order valence-electron chi connectivity index (χ3n) is 8.69. The van der Waals surface area contributed by atoms with Crippen molar-refractivity contribution >= 4 is 5.91 Å². The van der Waals surface area contributed by atoms with Crippen LogP contribution in [-0.4, -0.2) is 34.9 Å². The Hall–Kier alpha value is -1.13. The zero-order chi connectivity index (χ0) is 31.5. The summed E-state index contributed by atoms with van der Waals surface area (Å²) in [6, 6.07) is -0.632. The molecule has 0 fully saturated rings. The van der Waals surface area contributed by atoms with Crippen LogP contribution in [0.15, 0.2) is 24.3 Å². The maximum atomic E-state index is 12.3. The van der Waals surface area contributed by atoms with Crippen LogP contribution in [0.1, 0.15) is 200 Å². The van der Waals surface area contributed by atoms with E-state index in [1.165, 1.54) is 148 Å². The number of hydrogen-bond donors (Lipinski definition) is 3. The van der Waals surface area contributed by atoms with Gasteiger partial charge in [0, 0.05) is 6.42 Å². The van der Waals surface area contributed by atoms with Crippen LogP contribution in [0.25, 0.3) is 0 Å². The van der Waals surface area contributed by atoms with E-state index in [1.807, 2.05) is 6.08 Å². The standard InChI is InChI=1S/C39H75NO3/c1-3-5-7-9-11-13-15-17-19-20-21-23-25-27-29-31-33-35-39(43)40-37(36-41)38(42)34-32-30-28-26-24-22-18-16-14-12-10-8-6-4-2/h24,26,32,34,37-38,41-42H,3-23,25,27-31,33,35-36H2,1-2H3,(H,40,43)/b26-24+,34-32+/t37-,38+/m0/s1. The van der Waals surface area contributed by atoms with Gasteiger partial charge in [-0.15, -0.1) is 0 Å². The van der Waals surface area contributed by atoms with E-state index in [9.17, 15) is 15.0 Å². The molecular formula is C39H75NO3. The fraction of sp³-hybridized carbons (Fsp3) is 0.872. The van der Waals surface area contributed by atoms with Crippen LogP contribution in [0.4, 0.5) is 0 Å². The molecule has 0 radical (unpaired) electrons. The highest BCUT2D eigenvalue weighted by Gasteiger charge is 2.17. The molecule has 0 rings (SSSR count). The minimum Gasteiger partial charge on any atom is -0.394 e.